The van der Waals surface area contributed by atoms with Crippen LogP contribution in [-0.4, -0.2) is 26.1 Å². The first-order valence-electron chi connectivity index (χ1n) is 6.25. The monoisotopic (exact) mass is 262 g/mol. The summed E-state index contributed by atoms with van der Waals surface area (Å²) in [5, 5.41) is 3.76. The second-order valence-electron chi connectivity index (χ2n) is 4.29. The zero-order chi connectivity index (χ0) is 13.7. The van der Waals surface area contributed by atoms with Crippen LogP contribution >= 0.6 is 0 Å². The summed E-state index contributed by atoms with van der Waals surface area (Å²) in [7, 11) is 1.61. The minimum absolute atomic E-state index is 0.0213. The molecule has 0 aliphatic carbocycles. The fourth-order valence-electron chi connectivity index (χ4n) is 1.89. The van der Waals surface area contributed by atoms with E-state index in [0.717, 1.165) is 28.7 Å². The molecule has 0 atom stereocenters. The molecule has 5 nitrogen and oxygen atoms in total. The van der Waals surface area contributed by atoms with Crippen LogP contribution in [-0.2, 0) is 11.2 Å². The highest BCUT2D eigenvalue weighted by atomic mass is 16.5. The third-order valence-electron chi connectivity index (χ3n) is 2.92. The van der Waals surface area contributed by atoms with E-state index in [1.807, 2.05) is 18.2 Å². The van der Waals surface area contributed by atoms with Gasteiger partial charge in [0, 0.05) is 23.6 Å². The Morgan fingerprint density at radius 2 is 2.32 bits per heavy atom. The van der Waals surface area contributed by atoms with Gasteiger partial charge in [0.05, 0.1) is 19.8 Å². The van der Waals surface area contributed by atoms with Crippen LogP contribution in [0.5, 0.6) is 5.75 Å². The normalized spacial score (nSPS) is 10.6. The molecule has 1 heterocycles. The van der Waals surface area contributed by atoms with Gasteiger partial charge in [-0.05, 0) is 25.1 Å². The highest BCUT2D eigenvalue weighted by Gasteiger charge is 2.10. The van der Waals surface area contributed by atoms with Gasteiger partial charge in [0.2, 0.25) is 5.91 Å². The van der Waals surface area contributed by atoms with E-state index in [1.54, 1.807) is 13.4 Å². The van der Waals surface area contributed by atoms with E-state index in [4.69, 9.17) is 14.9 Å². The molecule has 0 saturated heterocycles. The van der Waals surface area contributed by atoms with Crippen molar-refractivity contribution in [2.24, 2.45) is 5.73 Å². The molecule has 0 spiro atoms. The van der Waals surface area contributed by atoms with Gasteiger partial charge in [0.1, 0.15) is 11.3 Å². The number of hydrogen-bond acceptors (Lipinski definition) is 4. The average Bonchev–Trinajstić information content (AvgIpc) is 2.81. The molecule has 0 aliphatic heterocycles. The fourth-order valence-corrected chi connectivity index (χ4v) is 1.89. The standard InChI is InChI=1S/C14H18N2O3/c1-18-11-3-4-12-10(9-19-13(12)8-11)7-14(17)16-6-2-5-15/h3-4,8-9H,2,5-7,15H2,1H3,(H,16,17). The molecule has 5 heteroatoms. The van der Waals surface area contributed by atoms with Crippen LogP contribution in [0.3, 0.4) is 0 Å². The molecule has 1 amide bonds. The summed E-state index contributed by atoms with van der Waals surface area (Å²) in [6.07, 6.45) is 2.71. The number of methoxy groups -OCH3 is 1. The van der Waals surface area contributed by atoms with Crippen molar-refractivity contribution in [1.29, 1.82) is 0 Å². The van der Waals surface area contributed by atoms with Gasteiger partial charge in [-0.25, -0.2) is 0 Å². The molecule has 0 fully saturated rings. The Morgan fingerprint density at radius 3 is 3.05 bits per heavy atom. The number of rotatable bonds is 6. The van der Waals surface area contributed by atoms with E-state index in [2.05, 4.69) is 5.32 Å². The zero-order valence-corrected chi connectivity index (χ0v) is 10.9. The van der Waals surface area contributed by atoms with Gasteiger partial charge in [-0.1, -0.05) is 0 Å². The van der Waals surface area contributed by atoms with E-state index in [1.165, 1.54) is 0 Å². The topological polar surface area (TPSA) is 77.5 Å². The molecule has 2 rings (SSSR count). The van der Waals surface area contributed by atoms with Crippen molar-refractivity contribution >= 4 is 16.9 Å². The molecule has 2 aromatic rings. The second kappa shape index (κ2) is 6.24. The van der Waals surface area contributed by atoms with Crippen molar-refractivity contribution in [1.82, 2.24) is 5.32 Å². The van der Waals surface area contributed by atoms with E-state index in [9.17, 15) is 4.79 Å². The molecule has 0 radical (unpaired) electrons. The Labute approximate surface area is 111 Å². The predicted octanol–water partition coefficient (Wildman–Crippen LogP) is 1.45. The van der Waals surface area contributed by atoms with Gasteiger partial charge in [-0.3, -0.25) is 4.79 Å². The Hall–Kier alpha value is -2.01. The number of furan rings is 1. The molecule has 0 aliphatic rings. The van der Waals surface area contributed by atoms with E-state index >= 15 is 0 Å². The molecular formula is C14H18N2O3. The van der Waals surface area contributed by atoms with Crippen LogP contribution in [0.25, 0.3) is 11.0 Å². The number of nitrogens with two attached hydrogens (primary N) is 1. The van der Waals surface area contributed by atoms with E-state index in [0.29, 0.717) is 19.5 Å². The molecule has 0 unspecified atom stereocenters. The summed E-state index contributed by atoms with van der Waals surface area (Å²) in [5.74, 6) is 0.716. The Morgan fingerprint density at radius 1 is 1.47 bits per heavy atom. The summed E-state index contributed by atoms with van der Waals surface area (Å²) < 4.78 is 10.6. The van der Waals surface area contributed by atoms with Crippen LogP contribution in [0.1, 0.15) is 12.0 Å². The fraction of sp³-hybridized carbons (Fsp3) is 0.357. The summed E-state index contributed by atoms with van der Waals surface area (Å²) in [5.41, 5.74) is 6.98. The highest BCUT2D eigenvalue weighted by molar-refractivity contribution is 5.88. The van der Waals surface area contributed by atoms with Crippen molar-refractivity contribution in [3.05, 3.63) is 30.0 Å². The van der Waals surface area contributed by atoms with Crippen molar-refractivity contribution in [3.8, 4) is 5.75 Å². The first kappa shape index (κ1) is 13.4. The number of hydrogen-bond donors (Lipinski definition) is 2. The van der Waals surface area contributed by atoms with Gasteiger partial charge < -0.3 is 20.2 Å². The van der Waals surface area contributed by atoms with Crippen LogP contribution in [0.15, 0.2) is 28.9 Å². The molecule has 1 aromatic carbocycles. The third kappa shape index (κ3) is 3.26. The Kier molecular flexibility index (Phi) is 4.41. The van der Waals surface area contributed by atoms with Gasteiger partial charge in [-0.15, -0.1) is 0 Å². The predicted molar refractivity (Wildman–Crippen MR) is 73.2 cm³/mol. The highest BCUT2D eigenvalue weighted by Crippen LogP contribution is 2.25. The van der Waals surface area contributed by atoms with Crippen LogP contribution in [0, 0.1) is 0 Å². The number of carbonyl (C=O) groups excluding carboxylic acids is 1. The lowest BCUT2D eigenvalue weighted by atomic mass is 10.1. The number of benzene rings is 1. The number of ether oxygens (including phenoxy) is 1. The lowest BCUT2D eigenvalue weighted by Crippen LogP contribution is -2.27. The molecule has 0 bridgehead atoms. The van der Waals surface area contributed by atoms with Crippen LogP contribution in [0.4, 0.5) is 0 Å². The van der Waals surface area contributed by atoms with E-state index < -0.39 is 0 Å². The Bertz CT molecular complexity index is 563. The first-order valence-corrected chi connectivity index (χ1v) is 6.25. The molecule has 102 valence electrons. The van der Waals surface area contributed by atoms with Crippen molar-refractivity contribution in [2.45, 2.75) is 12.8 Å². The van der Waals surface area contributed by atoms with Crippen molar-refractivity contribution in [2.75, 3.05) is 20.2 Å². The number of fused-ring (bicyclic) bond motifs is 1. The Balaban J connectivity index is 2.06. The summed E-state index contributed by atoms with van der Waals surface area (Å²) in [4.78, 5) is 11.7. The molecule has 19 heavy (non-hydrogen) atoms. The van der Waals surface area contributed by atoms with Crippen molar-refractivity contribution in [3.63, 3.8) is 0 Å². The van der Waals surface area contributed by atoms with E-state index in [-0.39, 0.29) is 5.91 Å². The minimum atomic E-state index is -0.0213. The summed E-state index contributed by atoms with van der Waals surface area (Å²) >= 11 is 0. The summed E-state index contributed by atoms with van der Waals surface area (Å²) in [6, 6.07) is 5.57. The molecule has 1 aromatic heterocycles. The van der Waals surface area contributed by atoms with Gasteiger partial charge >= 0.3 is 0 Å². The minimum Gasteiger partial charge on any atom is -0.497 e. The maximum absolute atomic E-state index is 11.7. The lowest BCUT2D eigenvalue weighted by molar-refractivity contribution is -0.120. The number of carbonyl (C=O) groups is 1. The van der Waals surface area contributed by atoms with Gasteiger partial charge in [0.15, 0.2) is 0 Å². The zero-order valence-electron chi connectivity index (χ0n) is 10.9. The molecule has 0 saturated carbocycles. The molecular weight excluding hydrogens is 244 g/mol. The van der Waals surface area contributed by atoms with Crippen molar-refractivity contribution < 1.29 is 13.9 Å². The lowest BCUT2D eigenvalue weighted by Gasteiger charge is -2.03. The van der Waals surface area contributed by atoms with Gasteiger partial charge in [0.25, 0.3) is 0 Å². The number of amides is 1. The smallest absolute Gasteiger partial charge is 0.224 e. The maximum Gasteiger partial charge on any atom is 0.224 e. The van der Waals surface area contributed by atoms with Crippen LogP contribution in [0.2, 0.25) is 0 Å². The molecule has 3 N–H and O–H groups in total. The van der Waals surface area contributed by atoms with Crippen LogP contribution < -0.4 is 15.8 Å². The maximum atomic E-state index is 11.7. The second-order valence-corrected chi connectivity index (χ2v) is 4.29. The SMILES string of the molecule is COc1ccc2c(CC(=O)NCCCN)coc2c1. The first-order chi connectivity index (χ1) is 9.24. The number of nitrogens with one attached hydrogen (secondary N) is 1. The van der Waals surface area contributed by atoms with Gasteiger partial charge in [-0.2, -0.15) is 0 Å². The summed E-state index contributed by atoms with van der Waals surface area (Å²) in [6.45, 7) is 1.19. The largest absolute Gasteiger partial charge is 0.497 e. The quantitative estimate of drug-likeness (QED) is 0.772. The third-order valence-corrected chi connectivity index (χ3v) is 2.92. The average molecular weight is 262 g/mol.